The van der Waals surface area contributed by atoms with Gasteiger partial charge in [-0.3, -0.25) is 4.52 Å². The SMILES string of the molecule is O=P(O)(O)OC[C@H]1O[C@](O)(CO)[C@@H](O)[C@@H]1O.[Cu]. The third-order valence-electron chi connectivity index (χ3n) is 2.16. The molecule has 0 aromatic rings. The van der Waals surface area contributed by atoms with Crippen molar-refractivity contribution in [3.63, 3.8) is 0 Å². The van der Waals surface area contributed by atoms with Gasteiger partial charge in [-0.2, -0.15) is 0 Å². The predicted octanol–water partition coefficient (Wildman–Crippen LogP) is -3.11. The van der Waals surface area contributed by atoms with Gasteiger partial charge in [-0.1, -0.05) is 0 Å². The van der Waals surface area contributed by atoms with Crippen molar-refractivity contribution in [1.82, 2.24) is 0 Å². The molecule has 0 bridgehead atoms. The topological polar surface area (TPSA) is 157 Å². The smallest absolute Gasteiger partial charge is 0.391 e. The summed E-state index contributed by atoms with van der Waals surface area (Å²) in [5.74, 6) is -2.36. The molecule has 0 saturated carbocycles. The summed E-state index contributed by atoms with van der Waals surface area (Å²) >= 11 is 0. The monoisotopic (exact) mass is 323 g/mol. The average molecular weight is 324 g/mol. The minimum absolute atomic E-state index is 0. The molecule has 0 amide bonds. The second-order valence-electron chi connectivity index (χ2n) is 3.38. The number of hydrogen-bond acceptors (Lipinski definition) is 7. The van der Waals surface area contributed by atoms with Gasteiger partial charge in [0.05, 0.1) is 13.2 Å². The van der Waals surface area contributed by atoms with Crippen LogP contribution >= 0.6 is 7.82 Å². The third kappa shape index (κ3) is 4.23. The van der Waals surface area contributed by atoms with E-state index < -0.39 is 45.1 Å². The van der Waals surface area contributed by atoms with Crippen molar-refractivity contribution >= 4 is 7.82 Å². The molecule has 1 fully saturated rings. The van der Waals surface area contributed by atoms with Crippen LogP contribution in [0, 0.1) is 0 Å². The van der Waals surface area contributed by atoms with Gasteiger partial charge in [0.25, 0.3) is 0 Å². The Morgan fingerprint density at radius 2 is 1.88 bits per heavy atom. The molecule has 1 aliphatic rings. The molecule has 17 heavy (non-hydrogen) atoms. The average Bonchev–Trinajstić information content (AvgIpc) is 2.40. The van der Waals surface area contributed by atoms with Crippen LogP contribution in [0.4, 0.5) is 0 Å². The van der Waals surface area contributed by atoms with Gasteiger partial charge in [-0.25, -0.2) is 4.57 Å². The van der Waals surface area contributed by atoms with Crippen molar-refractivity contribution in [2.24, 2.45) is 0 Å². The fourth-order valence-electron chi connectivity index (χ4n) is 1.31. The summed E-state index contributed by atoms with van der Waals surface area (Å²) in [6.07, 6.45) is -4.76. The maximum absolute atomic E-state index is 10.4. The number of aliphatic hydroxyl groups is 4. The number of ether oxygens (including phenoxy) is 1. The Hall–Kier alpha value is 0.429. The Kier molecular flexibility index (Phi) is 6.20. The number of phosphoric ester groups is 1. The van der Waals surface area contributed by atoms with Gasteiger partial charge >= 0.3 is 7.82 Å². The van der Waals surface area contributed by atoms with Gasteiger partial charge in [-0.15, -0.1) is 0 Å². The van der Waals surface area contributed by atoms with Crippen molar-refractivity contribution in [2.45, 2.75) is 24.1 Å². The first-order valence-corrected chi connectivity index (χ1v) is 5.80. The van der Waals surface area contributed by atoms with Crippen molar-refractivity contribution in [2.75, 3.05) is 13.2 Å². The Labute approximate surface area is 107 Å². The van der Waals surface area contributed by atoms with Gasteiger partial charge in [0.2, 0.25) is 5.79 Å². The van der Waals surface area contributed by atoms with Gasteiger partial charge in [-0.05, 0) is 0 Å². The first-order chi connectivity index (χ1) is 7.19. The summed E-state index contributed by atoms with van der Waals surface area (Å²) in [5.41, 5.74) is 0. The standard InChI is InChI=1S/C6H13O9P.Cu/c7-2-6(10)5(9)4(8)3(15-6)1-14-16(11,12)13;/h3-5,7-10H,1-2H2,(H2,11,12,13);/t3-,4-,5+,6-;/m1./s1. The maximum Gasteiger partial charge on any atom is 0.469 e. The molecular weight excluding hydrogens is 311 g/mol. The van der Waals surface area contributed by atoms with Gasteiger partial charge in [0.1, 0.15) is 18.3 Å². The Bertz CT molecular complexity index is 295. The van der Waals surface area contributed by atoms with Crippen LogP contribution in [0.5, 0.6) is 0 Å². The van der Waals surface area contributed by atoms with Gasteiger partial charge < -0.3 is 34.9 Å². The Balaban J connectivity index is 0.00000256. The molecule has 0 spiro atoms. The fraction of sp³-hybridized carbons (Fsp3) is 1.00. The Morgan fingerprint density at radius 1 is 1.35 bits per heavy atom. The zero-order valence-corrected chi connectivity index (χ0v) is 10.1. The number of rotatable bonds is 4. The van der Waals surface area contributed by atoms with Crippen LogP contribution < -0.4 is 0 Å². The van der Waals surface area contributed by atoms with Crippen molar-refractivity contribution in [3.05, 3.63) is 0 Å². The first kappa shape index (κ1) is 17.4. The van der Waals surface area contributed by atoms with E-state index in [1.54, 1.807) is 0 Å². The maximum atomic E-state index is 10.4. The number of aliphatic hydroxyl groups excluding tert-OH is 3. The van der Waals surface area contributed by atoms with E-state index in [9.17, 15) is 19.9 Å². The summed E-state index contributed by atoms with van der Waals surface area (Å²) in [5, 5.41) is 36.7. The minimum Gasteiger partial charge on any atom is -0.391 e. The molecule has 11 heteroatoms. The molecule has 0 unspecified atom stereocenters. The van der Waals surface area contributed by atoms with Crippen LogP contribution in [-0.4, -0.2) is 67.5 Å². The fourth-order valence-corrected chi connectivity index (χ4v) is 1.65. The summed E-state index contributed by atoms with van der Waals surface area (Å²) in [7, 11) is -4.73. The number of hydrogen-bond donors (Lipinski definition) is 6. The van der Waals surface area contributed by atoms with E-state index in [4.69, 9.17) is 14.9 Å². The van der Waals surface area contributed by atoms with Crippen LogP contribution in [0.15, 0.2) is 0 Å². The summed E-state index contributed by atoms with van der Waals surface area (Å²) in [6, 6.07) is 0. The van der Waals surface area contributed by atoms with E-state index in [0.29, 0.717) is 0 Å². The molecule has 9 nitrogen and oxygen atoms in total. The zero-order valence-electron chi connectivity index (χ0n) is 8.30. The van der Waals surface area contributed by atoms with Crippen LogP contribution in [0.25, 0.3) is 0 Å². The molecule has 107 valence electrons. The molecule has 1 heterocycles. The molecule has 1 rings (SSSR count). The summed E-state index contributed by atoms with van der Waals surface area (Å²) in [4.78, 5) is 16.8. The summed E-state index contributed by atoms with van der Waals surface area (Å²) < 4.78 is 19.1. The van der Waals surface area contributed by atoms with Crippen LogP contribution in [0.2, 0.25) is 0 Å². The molecule has 6 N–H and O–H groups in total. The zero-order chi connectivity index (χ0) is 12.6. The molecule has 0 aliphatic carbocycles. The van der Waals surface area contributed by atoms with E-state index in [-0.39, 0.29) is 17.1 Å². The first-order valence-electron chi connectivity index (χ1n) is 4.27. The van der Waals surface area contributed by atoms with Gasteiger partial charge in [0.15, 0.2) is 0 Å². The second kappa shape index (κ2) is 6.05. The molecule has 4 atom stereocenters. The normalized spacial score (nSPS) is 37.9. The van der Waals surface area contributed by atoms with E-state index in [0.717, 1.165) is 0 Å². The molecule has 0 aromatic heterocycles. The molecule has 0 aromatic carbocycles. The number of phosphoric acid groups is 1. The molecular formula is C6H13CuO9P. The van der Waals surface area contributed by atoms with Crippen LogP contribution in [0.3, 0.4) is 0 Å². The van der Waals surface area contributed by atoms with Crippen molar-refractivity contribution < 1.29 is 61.1 Å². The van der Waals surface area contributed by atoms with Crippen LogP contribution in [-0.2, 0) is 30.9 Å². The van der Waals surface area contributed by atoms with Gasteiger partial charge in [0, 0.05) is 17.1 Å². The summed E-state index contributed by atoms with van der Waals surface area (Å²) in [6.45, 7) is -1.71. The largest absolute Gasteiger partial charge is 0.469 e. The molecule has 1 saturated heterocycles. The minimum atomic E-state index is -4.73. The molecule has 1 aliphatic heterocycles. The molecule has 1 radical (unpaired) electrons. The van der Waals surface area contributed by atoms with E-state index in [1.165, 1.54) is 0 Å². The second-order valence-corrected chi connectivity index (χ2v) is 4.62. The van der Waals surface area contributed by atoms with Crippen molar-refractivity contribution in [1.29, 1.82) is 0 Å². The van der Waals surface area contributed by atoms with E-state index in [1.807, 2.05) is 0 Å². The van der Waals surface area contributed by atoms with E-state index in [2.05, 4.69) is 9.26 Å². The van der Waals surface area contributed by atoms with Crippen molar-refractivity contribution in [3.8, 4) is 0 Å². The van der Waals surface area contributed by atoms with Crippen LogP contribution in [0.1, 0.15) is 0 Å². The Morgan fingerprint density at radius 3 is 2.24 bits per heavy atom. The quantitative estimate of drug-likeness (QED) is 0.233. The predicted molar refractivity (Wildman–Crippen MR) is 46.9 cm³/mol. The third-order valence-corrected chi connectivity index (χ3v) is 2.64. The van der Waals surface area contributed by atoms with E-state index >= 15 is 0 Å².